The molecule has 0 spiro atoms. The van der Waals surface area contributed by atoms with Gasteiger partial charge in [-0.2, -0.15) is 0 Å². The van der Waals surface area contributed by atoms with Gasteiger partial charge >= 0.3 is 0 Å². The van der Waals surface area contributed by atoms with Gasteiger partial charge in [-0.3, -0.25) is 0 Å². The summed E-state index contributed by atoms with van der Waals surface area (Å²) in [4.78, 5) is 1.69. The van der Waals surface area contributed by atoms with Gasteiger partial charge in [-0.25, -0.2) is 0 Å². The van der Waals surface area contributed by atoms with Crippen LogP contribution in [0.4, 0.5) is 0 Å². The van der Waals surface area contributed by atoms with Crippen LogP contribution < -0.4 is 0 Å². The Kier molecular flexibility index (Phi) is 2.42. The third kappa shape index (κ3) is 1.66. The molecule has 1 nitrogen and oxygen atoms in total. The first-order valence-corrected chi connectivity index (χ1v) is 4.38. The first kappa shape index (κ1) is 9.23. The van der Waals surface area contributed by atoms with Gasteiger partial charge in [0.15, 0.2) is 0 Å². The second-order valence-electron chi connectivity index (χ2n) is 3.05. The molecule has 0 aromatic carbocycles. The zero-order valence-electron chi connectivity index (χ0n) is 6.57. The van der Waals surface area contributed by atoms with Crippen LogP contribution in [0.5, 0.6) is 0 Å². The molecule has 1 N–H and O–H groups in total. The van der Waals surface area contributed by atoms with Gasteiger partial charge in [0.25, 0.3) is 0 Å². The van der Waals surface area contributed by atoms with Crippen molar-refractivity contribution in [1.82, 2.24) is 0 Å². The highest BCUT2D eigenvalue weighted by Gasteiger charge is 2.30. The van der Waals surface area contributed by atoms with E-state index in [4.69, 9.17) is 0 Å². The highest BCUT2D eigenvalue weighted by atomic mass is 32.1. The lowest BCUT2D eigenvalue weighted by atomic mass is 9.87. The smallest absolute Gasteiger partial charge is 0.0874 e. The summed E-state index contributed by atoms with van der Waals surface area (Å²) in [6.45, 7) is 3.70. The standard InChI is InChI=1S/C8H12OS2/c1-5-7(11)6(10)3-4-8(5,2)9/h3-5,9-11H,1-2H3. The number of hydrogen-bond acceptors (Lipinski definition) is 3. The predicted molar refractivity (Wildman–Crippen MR) is 53.9 cm³/mol. The molecule has 0 heterocycles. The Morgan fingerprint density at radius 2 is 2.09 bits per heavy atom. The van der Waals surface area contributed by atoms with E-state index in [0.29, 0.717) is 0 Å². The molecule has 0 saturated heterocycles. The molecule has 1 aliphatic carbocycles. The summed E-state index contributed by atoms with van der Waals surface area (Å²) in [5.74, 6) is 0.0309. The largest absolute Gasteiger partial charge is 0.385 e. The summed E-state index contributed by atoms with van der Waals surface area (Å²) >= 11 is 8.46. The van der Waals surface area contributed by atoms with Crippen molar-refractivity contribution in [2.45, 2.75) is 19.4 Å². The van der Waals surface area contributed by atoms with Crippen molar-refractivity contribution in [3.63, 3.8) is 0 Å². The van der Waals surface area contributed by atoms with E-state index in [1.54, 1.807) is 19.1 Å². The van der Waals surface area contributed by atoms with Crippen LogP contribution in [0.15, 0.2) is 22.0 Å². The number of aliphatic hydroxyl groups is 1. The first-order valence-electron chi connectivity index (χ1n) is 3.49. The molecule has 0 radical (unpaired) electrons. The Bertz CT molecular complexity index is 228. The van der Waals surface area contributed by atoms with Crippen LogP contribution >= 0.6 is 25.3 Å². The van der Waals surface area contributed by atoms with E-state index in [1.165, 1.54) is 0 Å². The van der Waals surface area contributed by atoms with Crippen molar-refractivity contribution in [2.24, 2.45) is 5.92 Å². The molecule has 11 heavy (non-hydrogen) atoms. The topological polar surface area (TPSA) is 20.2 Å². The van der Waals surface area contributed by atoms with Gasteiger partial charge in [0.1, 0.15) is 0 Å². The summed E-state index contributed by atoms with van der Waals surface area (Å²) in [6.07, 6.45) is 3.53. The van der Waals surface area contributed by atoms with Gasteiger partial charge in [0.2, 0.25) is 0 Å². The Hall–Kier alpha value is 0.140. The fourth-order valence-electron chi connectivity index (χ4n) is 0.976. The lowest BCUT2D eigenvalue weighted by Gasteiger charge is -2.31. The number of thiol groups is 2. The van der Waals surface area contributed by atoms with E-state index in [-0.39, 0.29) is 5.92 Å². The summed E-state index contributed by atoms with van der Waals surface area (Å²) in [5, 5.41) is 9.73. The van der Waals surface area contributed by atoms with Crippen molar-refractivity contribution in [3.05, 3.63) is 22.0 Å². The Morgan fingerprint density at radius 3 is 2.55 bits per heavy atom. The number of rotatable bonds is 0. The normalized spacial score (nSPS) is 38.1. The third-order valence-corrected chi connectivity index (χ3v) is 3.32. The van der Waals surface area contributed by atoms with Crippen molar-refractivity contribution < 1.29 is 5.11 Å². The molecule has 0 amide bonds. The predicted octanol–water partition coefficient (Wildman–Crippen LogP) is 2.01. The minimum absolute atomic E-state index is 0.0309. The number of hydrogen-bond donors (Lipinski definition) is 3. The molecule has 0 saturated carbocycles. The molecule has 2 unspecified atom stereocenters. The number of allylic oxidation sites excluding steroid dienone is 1. The average molecular weight is 188 g/mol. The quantitative estimate of drug-likeness (QED) is 0.497. The molecule has 1 aliphatic rings. The second-order valence-corrected chi connectivity index (χ2v) is 4.01. The summed E-state index contributed by atoms with van der Waals surface area (Å²) in [6, 6.07) is 0. The minimum atomic E-state index is -0.774. The molecule has 0 bridgehead atoms. The molecule has 0 fully saturated rings. The molecule has 62 valence electrons. The Morgan fingerprint density at radius 1 is 1.55 bits per heavy atom. The van der Waals surface area contributed by atoms with E-state index in [2.05, 4.69) is 25.3 Å². The summed E-state index contributed by atoms with van der Waals surface area (Å²) in [5.41, 5.74) is -0.774. The van der Waals surface area contributed by atoms with E-state index < -0.39 is 5.60 Å². The first-order chi connectivity index (χ1) is 4.95. The Balaban J connectivity index is 3.01. The van der Waals surface area contributed by atoms with Crippen LogP contribution in [0.3, 0.4) is 0 Å². The monoisotopic (exact) mass is 188 g/mol. The maximum Gasteiger partial charge on any atom is 0.0874 e. The zero-order chi connectivity index (χ0) is 8.65. The van der Waals surface area contributed by atoms with Gasteiger partial charge in [0, 0.05) is 15.7 Å². The second kappa shape index (κ2) is 2.88. The van der Waals surface area contributed by atoms with Crippen LogP contribution in [0.1, 0.15) is 13.8 Å². The molecule has 0 aliphatic heterocycles. The fraction of sp³-hybridized carbons (Fsp3) is 0.500. The van der Waals surface area contributed by atoms with Crippen LogP contribution in [0.2, 0.25) is 0 Å². The SMILES string of the molecule is CC1C(S)=C(S)C=CC1(C)O. The summed E-state index contributed by atoms with van der Waals surface area (Å²) < 4.78 is 0. The minimum Gasteiger partial charge on any atom is -0.385 e. The highest BCUT2D eigenvalue weighted by molar-refractivity contribution is 7.88. The molecular weight excluding hydrogens is 176 g/mol. The highest BCUT2D eigenvalue weighted by Crippen LogP contribution is 2.35. The van der Waals surface area contributed by atoms with Crippen molar-refractivity contribution in [2.75, 3.05) is 0 Å². The van der Waals surface area contributed by atoms with Crippen LogP contribution in [-0.4, -0.2) is 10.7 Å². The van der Waals surface area contributed by atoms with Crippen LogP contribution in [0.25, 0.3) is 0 Å². The van der Waals surface area contributed by atoms with E-state index in [1.807, 2.05) is 6.92 Å². The molecule has 2 atom stereocenters. The lowest BCUT2D eigenvalue weighted by Crippen LogP contribution is -2.32. The maximum absolute atomic E-state index is 9.73. The van der Waals surface area contributed by atoms with E-state index in [0.717, 1.165) is 9.81 Å². The maximum atomic E-state index is 9.73. The van der Waals surface area contributed by atoms with Gasteiger partial charge in [0.05, 0.1) is 5.60 Å². The van der Waals surface area contributed by atoms with Crippen LogP contribution in [0, 0.1) is 5.92 Å². The lowest BCUT2D eigenvalue weighted by molar-refractivity contribution is 0.0714. The zero-order valence-corrected chi connectivity index (χ0v) is 8.36. The van der Waals surface area contributed by atoms with Crippen molar-refractivity contribution in [1.29, 1.82) is 0 Å². The molecular formula is C8H12OS2. The molecule has 0 aromatic heterocycles. The van der Waals surface area contributed by atoms with Crippen LogP contribution in [-0.2, 0) is 0 Å². The van der Waals surface area contributed by atoms with Gasteiger partial charge in [-0.15, -0.1) is 25.3 Å². The average Bonchev–Trinajstić information content (AvgIpc) is 1.95. The summed E-state index contributed by atoms with van der Waals surface area (Å²) in [7, 11) is 0. The van der Waals surface area contributed by atoms with E-state index in [9.17, 15) is 5.11 Å². The van der Waals surface area contributed by atoms with Crippen molar-refractivity contribution in [3.8, 4) is 0 Å². The molecule has 1 rings (SSSR count). The van der Waals surface area contributed by atoms with Crippen molar-refractivity contribution >= 4 is 25.3 Å². The fourth-order valence-corrected chi connectivity index (χ4v) is 1.58. The van der Waals surface area contributed by atoms with E-state index >= 15 is 0 Å². The van der Waals surface area contributed by atoms with Gasteiger partial charge in [-0.05, 0) is 13.0 Å². The third-order valence-electron chi connectivity index (χ3n) is 2.13. The van der Waals surface area contributed by atoms with Gasteiger partial charge in [-0.1, -0.05) is 13.0 Å². The molecule has 0 aromatic rings. The molecule has 3 heteroatoms. The van der Waals surface area contributed by atoms with Gasteiger partial charge < -0.3 is 5.11 Å². The Labute approximate surface area is 78.0 Å².